The van der Waals surface area contributed by atoms with Gasteiger partial charge in [0.15, 0.2) is 0 Å². The van der Waals surface area contributed by atoms with E-state index in [1.165, 1.54) is 10.4 Å². The summed E-state index contributed by atoms with van der Waals surface area (Å²) in [5, 5.41) is 5.49. The van der Waals surface area contributed by atoms with Crippen molar-refractivity contribution in [1.82, 2.24) is 14.6 Å². The average Bonchev–Trinajstić information content (AvgIpc) is 3.16. The summed E-state index contributed by atoms with van der Waals surface area (Å²) in [6, 6.07) is 8.82. The monoisotopic (exact) mass is 551 g/mol. The number of alkyl halides is 3. The maximum Gasteiger partial charge on any atom is 0.417 e. The van der Waals surface area contributed by atoms with Gasteiger partial charge in [0.2, 0.25) is 21.8 Å². The Morgan fingerprint density at radius 3 is 2.16 bits per heavy atom. The first-order valence-corrected chi connectivity index (χ1v) is 13.9. The molecule has 1 spiro atoms. The van der Waals surface area contributed by atoms with E-state index >= 15 is 0 Å². The summed E-state index contributed by atoms with van der Waals surface area (Å²) in [4.78, 5) is 29.9. The largest absolute Gasteiger partial charge is 0.417 e. The number of nitrogens with one attached hydrogen (secondary N) is 2. The molecule has 0 aliphatic carbocycles. The molecular formula is C25H28F3N5O4S. The normalized spacial score (nSPS) is 21.1. The molecule has 9 nitrogen and oxygen atoms in total. The minimum atomic E-state index is -4.45. The number of benzene rings is 1. The van der Waals surface area contributed by atoms with Crippen molar-refractivity contribution in [3.8, 4) is 0 Å². The molecule has 13 heteroatoms. The number of anilines is 2. The highest BCUT2D eigenvalue weighted by Gasteiger charge is 2.48. The number of carbonyl (C=O) groups is 2. The first kappa shape index (κ1) is 26.4. The lowest BCUT2D eigenvalue weighted by atomic mass is 9.77. The topological polar surface area (TPSA) is 112 Å². The second kappa shape index (κ2) is 9.84. The highest BCUT2D eigenvalue weighted by atomic mass is 32.2. The van der Waals surface area contributed by atoms with E-state index in [9.17, 15) is 31.2 Å². The number of hydrogen-bond acceptors (Lipinski definition) is 7. The Morgan fingerprint density at radius 2 is 1.63 bits per heavy atom. The third-order valence-electron chi connectivity index (χ3n) is 7.69. The minimum absolute atomic E-state index is 0.104. The predicted molar refractivity (Wildman–Crippen MR) is 133 cm³/mol. The van der Waals surface area contributed by atoms with Gasteiger partial charge in [0.1, 0.15) is 5.82 Å². The van der Waals surface area contributed by atoms with Gasteiger partial charge in [-0.2, -0.15) is 17.5 Å². The van der Waals surface area contributed by atoms with Crippen LogP contribution in [0.25, 0.3) is 0 Å². The number of sulfonamides is 1. The lowest BCUT2D eigenvalue weighted by molar-refractivity contribution is -0.137. The molecule has 0 unspecified atom stereocenters. The van der Waals surface area contributed by atoms with E-state index in [0.29, 0.717) is 44.6 Å². The zero-order valence-electron chi connectivity index (χ0n) is 20.5. The summed E-state index contributed by atoms with van der Waals surface area (Å²) in [6.07, 6.45) is -1.33. The summed E-state index contributed by atoms with van der Waals surface area (Å²) in [5.74, 6) is -0.106. The smallest absolute Gasteiger partial charge is 0.371 e. The molecule has 0 saturated carbocycles. The molecule has 0 bridgehead atoms. The summed E-state index contributed by atoms with van der Waals surface area (Å²) in [6.45, 7) is 1.75. The molecule has 38 heavy (non-hydrogen) atoms. The van der Waals surface area contributed by atoms with Gasteiger partial charge in [-0.25, -0.2) is 13.4 Å². The van der Waals surface area contributed by atoms with Crippen LogP contribution >= 0.6 is 0 Å². The number of nitrogens with zero attached hydrogens (tertiary/aromatic N) is 3. The Bertz CT molecular complexity index is 1300. The summed E-state index contributed by atoms with van der Waals surface area (Å²) in [7, 11) is -3.70. The van der Waals surface area contributed by atoms with Crippen molar-refractivity contribution >= 4 is 33.3 Å². The quantitative estimate of drug-likeness (QED) is 0.550. The lowest BCUT2D eigenvalue weighted by Gasteiger charge is -2.38. The number of pyridine rings is 1. The van der Waals surface area contributed by atoms with Gasteiger partial charge in [-0.05, 0) is 62.1 Å². The van der Waals surface area contributed by atoms with Crippen LogP contribution in [-0.2, 0) is 25.8 Å². The molecule has 3 fully saturated rings. The third kappa shape index (κ3) is 5.21. The molecule has 3 saturated heterocycles. The molecule has 0 atom stereocenters. The van der Waals surface area contributed by atoms with E-state index in [2.05, 4.69) is 20.5 Å². The molecule has 3 aliphatic rings. The van der Waals surface area contributed by atoms with Crippen molar-refractivity contribution < 1.29 is 31.2 Å². The van der Waals surface area contributed by atoms with Gasteiger partial charge in [-0.3, -0.25) is 14.9 Å². The van der Waals surface area contributed by atoms with Gasteiger partial charge < -0.3 is 10.2 Å². The van der Waals surface area contributed by atoms with Crippen LogP contribution in [-0.4, -0.2) is 61.7 Å². The fourth-order valence-corrected chi connectivity index (χ4v) is 6.83. The van der Waals surface area contributed by atoms with Gasteiger partial charge in [-0.1, -0.05) is 0 Å². The van der Waals surface area contributed by atoms with Gasteiger partial charge >= 0.3 is 6.18 Å². The molecule has 5 rings (SSSR count). The average molecular weight is 552 g/mol. The molecular weight excluding hydrogens is 523 g/mol. The zero-order chi connectivity index (χ0) is 27.1. The van der Waals surface area contributed by atoms with E-state index in [4.69, 9.17) is 0 Å². The van der Waals surface area contributed by atoms with Crippen LogP contribution < -0.4 is 15.5 Å². The molecule has 1 aromatic heterocycles. The third-order valence-corrected chi connectivity index (χ3v) is 9.60. The Labute approximate surface area is 218 Å². The minimum Gasteiger partial charge on any atom is -0.371 e. The van der Waals surface area contributed by atoms with E-state index in [0.717, 1.165) is 18.0 Å². The Balaban J connectivity index is 1.15. The molecule has 1 aromatic carbocycles. The Hall–Kier alpha value is -3.19. The number of rotatable bonds is 5. The maximum atomic E-state index is 13.2. The summed E-state index contributed by atoms with van der Waals surface area (Å²) in [5.41, 5.74) is -0.590. The molecule has 3 aliphatic heterocycles. The fraction of sp³-hybridized carbons (Fsp3) is 0.480. The van der Waals surface area contributed by atoms with Crippen LogP contribution in [0.15, 0.2) is 47.5 Å². The molecule has 2 N–H and O–H groups in total. The van der Waals surface area contributed by atoms with Crippen molar-refractivity contribution in [3.05, 3.63) is 48.2 Å². The highest BCUT2D eigenvalue weighted by Crippen LogP contribution is 2.40. The van der Waals surface area contributed by atoms with Gasteiger partial charge in [-0.15, -0.1) is 0 Å². The number of aromatic nitrogens is 1. The molecule has 4 heterocycles. The number of carbonyl (C=O) groups excluding carboxylic acids is 2. The number of halogens is 3. The molecule has 2 aromatic rings. The van der Waals surface area contributed by atoms with Crippen LogP contribution in [0.5, 0.6) is 0 Å². The molecule has 0 radical (unpaired) electrons. The van der Waals surface area contributed by atoms with Crippen LogP contribution in [0, 0.1) is 5.41 Å². The lowest BCUT2D eigenvalue weighted by Crippen LogP contribution is -2.44. The van der Waals surface area contributed by atoms with Crippen LogP contribution in [0.1, 0.15) is 37.7 Å². The predicted octanol–water partition coefficient (Wildman–Crippen LogP) is 3.00. The van der Waals surface area contributed by atoms with Crippen molar-refractivity contribution in [2.24, 2.45) is 5.41 Å². The first-order chi connectivity index (χ1) is 18.0. The van der Waals surface area contributed by atoms with Crippen molar-refractivity contribution in [1.29, 1.82) is 0 Å². The SMILES string of the molecule is O=C1CC2(CCN(c3ccc(S(=O)(=O)N4CCC(Nc5ccc(C(F)(F)F)cn5)CC4)cc3)CC2)C(=O)N1. The van der Waals surface area contributed by atoms with E-state index in [-0.39, 0.29) is 42.3 Å². The van der Waals surface area contributed by atoms with E-state index in [1.807, 2.05) is 0 Å². The first-order valence-electron chi connectivity index (χ1n) is 12.5. The van der Waals surface area contributed by atoms with Gasteiger partial charge in [0.05, 0.1) is 15.9 Å². The fourth-order valence-electron chi connectivity index (χ4n) is 5.36. The summed E-state index contributed by atoms with van der Waals surface area (Å²) >= 11 is 0. The molecule has 2 amide bonds. The Kier molecular flexibility index (Phi) is 6.84. The van der Waals surface area contributed by atoms with Gasteiger partial charge in [0.25, 0.3) is 0 Å². The molecule has 204 valence electrons. The van der Waals surface area contributed by atoms with Crippen LogP contribution in [0.4, 0.5) is 24.7 Å². The van der Waals surface area contributed by atoms with Crippen LogP contribution in [0.2, 0.25) is 0 Å². The standard InChI is InChI=1S/C25H28F3N5O4S/c26-25(27,28)17-1-6-21(29-16-17)30-18-7-11-33(12-8-18)38(36,37)20-4-2-19(3-5-20)32-13-9-24(10-14-32)15-22(34)31-23(24)35/h1-6,16,18H,7-15H2,(H,29,30)(H,31,34,35). The summed E-state index contributed by atoms with van der Waals surface area (Å²) < 4.78 is 66.0. The second-order valence-corrected chi connectivity index (χ2v) is 12.0. The number of imide groups is 1. The zero-order valence-corrected chi connectivity index (χ0v) is 21.3. The van der Waals surface area contributed by atoms with Crippen molar-refractivity contribution in [3.63, 3.8) is 0 Å². The Morgan fingerprint density at radius 1 is 0.974 bits per heavy atom. The van der Waals surface area contributed by atoms with E-state index < -0.39 is 27.2 Å². The van der Waals surface area contributed by atoms with E-state index in [1.54, 1.807) is 24.3 Å². The number of hydrogen-bond donors (Lipinski definition) is 2. The van der Waals surface area contributed by atoms with Crippen molar-refractivity contribution in [2.75, 3.05) is 36.4 Å². The van der Waals surface area contributed by atoms with Crippen LogP contribution in [0.3, 0.4) is 0 Å². The highest BCUT2D eigenvalue weighted by molar-refractivity contribution is 7.89. The number of piperidine rings is 2. The maximum absolute atomic E-state index is 13.2. The second-order valence-electron chi connectivity index (χ2n) is 10.1. The van der Waals surface area contributed by atoms with Gasteiger partial charge in [0, 0.05) is 50.5 Å². The van der Waals surface area contributed by atoms with Crippen molar-refractivity contribution in [2.45, 2.75) is 49.2 Å². The number of amides is 2.